The topological polar surface area (TPSA) is 23.6 Å². The maximum Gasteiger partial charge on any atom is 0.251 e. The van der Waals surface area contributed by atoms with E-state index in [1.165, 1.54) is 4.88 Å². The van der Waals surface area contributed by atoms with Gasteiger partial charge in [0, 0.05) is 31.1 Å². The first-order valence-corrected chi connectivity index (χ1v) is 9.05. The number of fused-ring (bicyclic) bond motifs is 1. The van der Waals surface area contributed by atoms with E-state index in [2.05, 4.69) is 11.4 Å². The second-order valence-electron chi connectivity index (χ2n) is 5.32. The zero-order chi connectivity index (χ0) is 14.8. The summed E-state index contributed by atoms with van der Waals surface area (Å²) in [5.74, 6) is 1.13. The number of piperazine rings is 1. The van der Waals surface area contributed by atoms with Gasteiger partial charge in [-0.05, 0) is 29.2 Å². The molecule has 1 fully saturated rings. The number of rotatable bonds is 3. The molecule has 7 heteroatoms. The fourth-order valence-corrected chi connectivity index (χ4v) is 5.24. The van der Waals surface area contributed by atoms with Gasteiger partial charge in [-0.25, -0.2) is 8.78 Å². The van der Waals surface area contributed by atoms with Gasteiger partial charge in [-0.2, -0.15) is 0 Å². The van der Waals surface area contributed by atoms with Crippen molar-refractivity contribution in [3.8, 4) is 0 Å². The summed E-state index contributed by atoms with van der Waals surface area (Å²) < 4.78 is 24.7. The van der Waals surface area contributed by atoms with E-state index >= 15 is 0 Å². The Bertz CT molecular complexity index is 501. The van der Waals surface area contributed by atoms with E-state index in [4.69, 9.17) is 0 Å². The van der Waals surface area contributed by atoms with Crippen LogP contribution in [-0.4, -0.2) is 60.6 Å². The van der Waals surface area contributed by atoms with E-state index in [0.717, 1.165) is 17.7 Å². The van der Waals surface area contributed by atoms with Crippen LogP contribution in [0.4, 0.5) is 8.78 Å². The summed E-state index contributed by atoms with van der Waals surface area (Å²) >= 11 is 3.43. The summed E-state index contributed by atoms with van der Waals surface area (Å²) in [5, 5.41) is 1.96. The molecular formula is C14H18F2N2OS2. The third-order valence-corrected chi connectivity index (χ3v) is 6.21. The highest BCUT2D eigenvalue weighted by atomic mass is 32.2. The second kappa shape index (κ2) is 6.62. The summed E-state index contributed by atoms with van der Waals surface area (Å²) in [4.78, 5) is 17.6. The van der Waals surface area contributed by atoms with Crippen LogP contribution >= 0.6 is 23.1 Å². The van der Waals surface area contributed by atoms with Crippen molar-refractivity contribution in [3.05, 3.63) is 21.9 Å². The molecule has 2 aliphatic rings. The fraction of sp³-hybridized carbons (Fsp3) is 0.643. The Morgan fingerprint density at radius 1 is 1.33 bits per heavy atom. The van der Waals surface area contributed by atoms with Crippen LogP contribution in [-0.2, 0) is 11.2 Å². The number of hydrogen-bond donors (Lipinski definition) is 0. The van der Waals surface area contributed by atoms with Crippen molar-refractivity contribution >= 4 is 29.0 Å². The highest BCUT2D eigenvalue weighted by Crippen LogP contribution is 2.40. The Hall–Kier alpha value is -0.660. The predicted octanol–water partition coefficient (Wildman–Crippen LogP) is 2.49. The van der Waals surface area contributed by atoms with Gasteiger partial charge >= 0.3 is 0 Å². The number of halogens is 2. The first kappa shape index (κ1) is 15.2. The van der Waals surface area contributed by atoms with E-state index in [9.17, 15) is 13.6 Å². The van der Waals surface area contributed by atoms with Gasteiger partial charge in [0.25, 0.3) is 6.43 Å². The number of amides is 1. The van der Waals surface area contributed by atoms with Crippen LogP contribution < -0.4 is 0 Å². The van der Waals surface area contributed by atoms with Crippen LogP contribution in [0.3, 0.4) is 0 Å². The van der Waals surface area contributed by atoms with Gasteiger partial charge in [0.1, 0.15) is 5.25 Å². The summed E-state index contributed by atoms with van der Waals surface area (Å²) in [6.45, 7) is 2.02. The maximum absolute atomic E-state index is 12.7. The summed E-state index contributed by atoms with van der Waals surface area (Å²) in [7, 11) is 0. The van der Waals surface area contributed by atoms with Gasteiger partial charge in [-0.3, -0.25) is 9.69 Å². The lowest BCUT2D eigenvalue weighted by Gasteiger charge is -2.36. The van der Waals surface area contributed by atoms with Crippen molar-refractivity contribution < 1.29 is 13.6 Å². The molecule has 3 nitrogen and oxygen atoms in total. The van der Waals surface area contributed by atoms with Crippen molar-refractivity contribution in [2.45, 2.75) is 18.1 Å². The molecule has 0 N–H and O–H groups in total. The van der Waals surface area contributed by atoms with Gasteiger partial charge in [-0.15, -0.1) is 23.1 Å². The minimum absolute atomic E-state index is 0.0957. The molecule has 0 saturated carbocycles. The number of carbonyl (C=O) groups excluding carboxylic acids is 1. The molecule has 0 aromatic carbocycles. The molecule has 0 bridgehead atoms. The number of carbonyl (C=O) groups is 1. The van der Waals surface area contributed by atoms with Crippen molar-refractivity contribution in [2.75, 3.05) is 38.5 Å². The highest BCUT2D eigenvalue weighted by molar-refractivity contribution is 8.00. The van der Waals surface area contributed by atoms with Crippen molar-refractivity contribution in [3.63, 3.8) is 0 Å². The average Bonchev–Trinajstić information content (AvgIpc) is 2.95. The number of alkyl halides is 2. The smallest absolute Gasteiger partial charge is 0.251 e. The first-order valence-electron chi connectivity index (χ1n) is 7.12. The van der Waals surface area contributed by atoms with Crippen LogP contribution in [0.5, 0.6) is 0 Å². The monoisotopic (exact) mass is 332 g/mol. The summed E-state index contributed by atoms with van der Waals surface area (Å²) in [6, 6.07) is 2.06. The number of thiophene rings is 1. The molecule has 1 saturated heterocycles. The first-order chi connectivity index (χ1) is 10.1. The number of nitrogens with zero attached hydrogens (tertiary/aromatic N) is 2. The van der Waals surface area contributed by atoms with Crippen molar-refractivity contribution in [1.82, 2.24) is 9.80 Å². The van der Waals surface area contributed by atoms with Gasteiger partial charge in [0.05, 0.1) is 6.54 Å². The molecule has 2 aliphatic heterocycles. The molecule has 0 spiro atoms. The average molecular weight is 332 g/mol. The lowest BCUT2D eigenvalue weighted by Crippen LogP contribution is -2.50. The van der Waals surface area contributed by atoms with Crippen LogP contribution in [0.1, 0.15) is 15.7 Å². The molecule has 3 heterocycles. The van der Waals surface area contributed by atoms with Gasteiger partial charge in [-0.1, -0.05) is 0 Å². The van der Waals surface area contributed by atoms with Crippen LogP contribution in [0.2, 0.25) is 0 Å². The summed E-state index contributed by atoms with van der Waals surface area (Å²) in [5.41, 5.74) is 1.16. The largest absolute Gasteiger partial charge is 0.339 e. The Labute approximate surface area is 131 Å². The molecule has 1 amide bonds. The van der Waals surface area contributed by atoms with Crippen molar-refractivity contribution in [1.29, 1.82) is 0 Å². The maximum atomic E-state index is 12.7. The summed E-state index contributed by atoms with van der Waals surface area (Å²) in [6.07, 6.45) is -1.25. The number of hydrogen-bond acceptors (Lipinski definition) is 4. The standard InChI is InChI=1S/C14H18F2N2OS2/c15-12(16)9-17-3-5-18(6-4-17)14(19)13-10-1-7-20-11(10)2-8-21-13/h1,7,12-13H,2-6,8-9H2/t13-/m1/s1. The molecule has 1 atom stereocenters. The Morgan fingerprint density at radius 3 is 2.81 bits per heavy atom. The Kier molecular flexibility index (Phi) is 4.81. The molecule has 0 radical (unpaired) electrons. The normalized spacial score (nSPS) is 23.4. The molecule has 3 rings (SSSR count). The van der Waals surface area contributed by atoms with E-state index in [0.29, 0.717) is 26.2 Å². The third kappa shape index (κ3) is 3.40. The Morgan fingerprint density at radius 2 is 2.10 bits per heavy atom. The fourth-order valence-electron chi connectivity index (χ4n) is 2.86. The minimum atomic E-state index is -2.30. The van der Waals surface area contributed by atoms with E-state index < -0.39 is 6.43 Å². The number of aryl methyl sites for hydroxylation is 1. The molecular weight excluding hydrogens is 314 g/mol. The minimum Gasteiger partial charge on any atom is -0.339 e. The molecule has 1 aromatic rings. The molecule has 116 valence electrons. The van der Waals surface area contributed by atoms with E-state index in [-0.39, 0.29) is 17.7 Å². The van der Waals surface area contributed by atoms with E-state index in [1.54, 1.807) is 28.0 Å². The van der Waals surface area contributed by atoms with Gasteiger partial charge < -0.3 is 4.90 Å². The zero-order valence-electron chi connectivity index (χ0n) is 11.6. The lowest BCUT2D eigenvalue weighted by atomic mass is 10.1. The van der Waals surface area contributed by atoms with Gasteiger partial charge in [0.15, 0.2) is 0 Å². The Balaban J connectivity index is 1.61. The zero-order valence-corrected chi connectivity index (χ0v) is 13.3. The molecule has 0 unspecified atom stereocenters. The van der Waals surface area contributed by atoms with Gasteiger partial charge in [0.2, 0.25) is 5.91 Å². The van der Waals surface area contributed by atoms with Crippen LogP contribution in [0.25, 0.3) is 0 Å². The molecule has 21 heavy (non-hydrogen) atoms. The highest BCUT2D eigenvalue weighted by Gasteiger charge is 2.33. The second-order valence-corrected chi connectivity index (χ2v) is 7.53. The van der Waals surface area contributed by atoms with Crippen LogP contribution in [0, 0.1) is 0 Å². The molecule has 1 aromatic heterocycles. The van der Waals surface area contributed by atoms with Crippen LogP contribution in [0.15, 0.2) is 11.4 Å². The SMILES string of the molecule is O=C([C@@H]1SCCc2sccc21)N1CCN(CC(F)F)CC1. The van der Waals surface area contributed by atoms with Crippen molar-refractivity contribution in [2.24, 2.45) is 0 Å². The molecule has 0 aliphatic carbocycles. The third-order valence-electron chi connectivity index (χ3n) is 3.98. The number of thioether (sulfide) groups is 1. The predicted molar refractivity (Wildman–Crippen MR) is 82.2 cm³/mol. The van der Waals surface area contributed by atoms with E-state index in [1.807, 2.05) is 4.90 Å². The quantitative estimate of drug-likeness (QED) is 0.850. The lowest BCUT2D eigenvalue weighted by molar-refractivity contribution is -0.132.